The Morgan fingerprint density at radius 2 is 2.08 bits per heavy atom. The SMILES string of the molecule is O=C1C2C=CC1C(=C1CCC1)C2. The molecule has 0 aliphatic heterocycles. The third-order valence-corrected chi connectivity index (χ3v) is 3.43. The van der Waals surface area contributed by atoms with Crippen LogP contribution in [0.5, 0.6) is 0 Å². The highest BCUT2D eigenvalue weighted by atomic mass is 16.1. The van der Waals surface area contributed by atoms with E-state index in [2.05, 4.69) is 12.2 Å². The van der Waals surface area contributed by atoms with E-state index in [-0.39, 0.29) is 11.8 Å². The number of Topliss-reactive ketones (excluding diaryl/α,β-unsaturated/α-hetero) is 1. The molecule has 0 aromatic rings. The fraction of sp³-hybridized carbons (Fsp3) is 0.545. The van der Waals surface area contributed by atoms with Crippen LogP contribution in [0.2, 0.25) is 0 Å². The number of hydrogen-bond acceptors (Lipinski definition) is 1. The van der Waals surface area contributed by atoms with Gasteiger partial charge in [0.1, 0.15) is 0 Å². The topological polar surface area (TPSA) is 17.1 Å². The lowest BCUT2D eigenvalue weighted by Gasteiger charge is -2.22. The highest BCUT2D eigenvalue weighted by Gasteiger charge is 2.41. The van der Waals surface area contributed by atoms with Gasteiger partial charge in [-0.3, -0.25) is 4.79 Å². The molecule has 1 heteroatoms. The van der Waals surface area contributed by atoms with Crippen LogP contribution >= 0.6 is 0 Å². The first-order chi connectivity index (χ1) is 5.86. The number of fused-ring (bicyclic) bond motifs is 2. The van der Waals surface area contributed by atoms with Gasteiger partial charge in [0.2, 0.25) is 0 Å². The van der Waals surface area contributed by atoms with Crippen molar-refractivity contribution in [2.24, 2.45) is 11.8 Å². The molecule has 0 saturated heterocycles. The van der Waals surface area contributed by atoms with Crippen LogP contribution in [0.25, 0.3) is 0 Å². The molecule has 0 radical (unpaired) electrons. The zero-order chi connectivity index (χ0) is 8.13. The first-order valence-electron chi connectivity index (χ1n) is 4.79. The van der Waals surface area contributed by atoms with Gasteiger partial charge >= 0.3 is 0 Å². The van der Waals surface area contributed by atoms with E-state index in [1.165, 1.54) is 24.8 Å². The number of hydrogen-bond donors (Lipinski definition) is 0. The van der Waals surface area contributed by atoms with Crippen LogP contribution in [0.15, 0.2) is 23.3 Å². The summed E-state index contributed by atoms with van der Waals surface area (Å²) in [5.74, 6) is 0.938. The van der Waals surface area contributed by atoms with E-state index in [1.807, 2.05) is 0 Å². The Kier molecular flexibility index (Phi) is 1.16. The van der Waals surface area contributed by atoms with Crippen molar-refractivity contribution in [2.45, 2.75) is 25.7 Å². The molecule has 2 saturated carbocycles. The lowest BCUT2D eigenvalue weighted by molar-refractivity contribution is -0.120. The molecule has 12 heavy (non-hydrogen) atoms. The van der Waals surface area contributed by atoms with Crippen LogP contribution in [0.4, 0.5) is 0 Å². The summed E-state index contributed by atoms with van der Waals surface area (Å²) in [6.07, 6.45) is 9.12. The van der Waals surface area contributed by atoms with Gasteiger partial charge in [0, 0.05) is 5.92 Å². The number of ketones is 1. The van der Waals surface area contributed by atoms with Crippen molar-refractivity contribution in [2.75, 3.05) is 0 Å². The molecule has 3 aliphatic rings. The smallest absolute Gasteiger partial charge is 0.150 e. The average molecular weight is 160 g/mol. The van der Waals surface area contributed by atoms with Gasteiger partial charge in [-0.25, -0.2) is 0 Å². The lowest BCUT2D eigenvalue weighted by atomic mass is 9.83. The van der Waals surface area contributed by atoms with Gasteiger partial charge in [-0.15, -0.1) is 0 Å². The van der Waals surface area contributed by atoms with Crippen molar-refractivity contribution in [3.63, 3.8) is 0 Å². The molecule has 2 bridgehead atoms. The summed E-state index contributed by atoms with van der Waals surface area (Å²) in [6.45, 7) is 0. The largest absolute Gasteiger partial charge is 0.298 e. The molecule has 2 fully saturated rings. The molecule has 0 N–H and O–H groups in total. The Morgan fingerprint density at radius 3 is 2.50 bits per heavy atom. The molecule has 0 heterocycles. The third-order valence-electron chi connectivity index (χ3n) is 3.43. The Hall–Kier alpha value is -0.850. The molecule has 0 amide bonds. The lowest BCUT2D eigenvalue weighted by Crippen LogP contribution is -2.08. The Labute approximate surface area is 72.2 Å². The summed E-state index contributed by atoms with van der Waals surface area (Å²) < 4.78 is 0. The maximum absolute atomic E-state index is 11.5. The quantitative estimate of drug-likeness (QED) is 0.497. The minimum absolute atomic E-state index is 0.213. The van der Waals surface area contributed by atoms with Crippen LogP contribution in [0.1, 0.15) is 25.7 Å². The fourth-order valence-electron chi connectivity index (χ4n) is 2.52. The van der Waals surface area contributed by atoms with Crippen LogP contribution in [0, 0.1) is 11.8 Å². The van der Waals surface area contributed by atoms with Gasteiger partial charge < -0.3 is 0 Å². The van der Waals surface area contributed by atoms with E-state index in [9.17, 15) is 4.79 Å². The van der Waals surface area contributed by atoms with Gasteiger partial charge in [0.25, 0.3) is 0 Å². The van der Waals surface area contributed by atoms with Crippen molar-refractivity contribution in [3.8, 4) is 0 Å². The number of allylic oxidation sites excluding steroid dienone is 4. The zero-order valence-electron chi connectivity index (χ0n) is 7.05. The summed E-state index contributed by atoms with van der Waals surface area (Å²) in [5, 5.41) is 0. The Bertz CT molecular complexity index is 303. The summed E-state index contributed by atoms with van der Waals surface area (Å²) in [7, 11) is 0. The van der Waals surface area contributed by atoms with Crippen LogP contribution in [0.3, 0.4) is 0 Å². The first-order valence-corrected chi connectivity index (χ1v) is 4.79. The van der Waals surface area contributed by atoms with Crippen molar-refractivity contribution in [1.29, 1.82) is 0 Å². The van der Waals surface area contributed by atoms with Gasteiger partial charge in [0.05, 0.1) is 5.92 Å². The molecule has 3 rings (SSSR count). The number of rotatable bonds is 0. The Morgan fingerprint density at radius 1 is 1.25 bits per heavy atom. The highest BCUT2D eigenvalue weighted by Crippen LogP contribution is 2.45. The average Bonchev–Trinajstić information content (AvgIpc) is 2.43. The monoisotopic (exact) mass is 160 g/mol. The molecule has 0 aromatic carbocycles. The Balaban J connectivity index is 2.02. The molecule has 0 aromatic heterocycles. The van der Waals surface area contributed by atoms with Crippen molar-refractivity contribution < 1.29 is 4.79 Å². The van der Waals surface area contributed by atoms with E-state index in [0.717, 1.165) is 6.42 Å². The second-order valence-corrected chi connectivity index (χ2v) is 4.06. The second kappa shape index (κ2) is 2.09. The van der Waals surface area contributed by atoms with Gasteiger partial charge in [-0.2, -0.15) is 0 Å². The normalized spacial score (nSPS) is 37.8. The fourth-order valence-corrected chi connectivity index (χ4v) is 2.52. The molecule has 0 spiro atoms. The summed E-state index contributed by atoms with van der Waals surface area (Å²) >= 11 is 0. The predicted octanol–water partition coefficient (Wildman–Crippen LogP) is 2.24. The molecule has 2 unspecified atom stereocenters. The maximum atomic E-state index is 11.5. The first kappa shape index (κ1) is 6.64. The zero-order valence-corrected chi connectivity index (χ0v) is 7.05. The third kappa shape index (κ3) is 0.669. The second-order valence-electron chi connectivity index (χ2n) is 4.06. The van der Waals surface area contributed by atoms with Crippen LogP contribution in [-0.2, 0) is 4.79 Å². The van der Waals surface area contributed by atoms with Crippen molar-refractivity contribution in [1.82, 2.24) is 0 Å². The molecule has 2 atom stereocenters. The number of carbonyl (C=O) groups is 1. The molecule has 62 valence electrons. The standard InChI is InChI=1S/C11H12O/c12-11-8-4-5-9(11)10(6-8)7-2-1-3-7/h4-5,8-9H,1-3,6H2. The van der Waals surface area contributed by atoms with E-state index >= 15 is 0 Å². The van der Waals surface area contributed by atoms with Crippen LogP contribution < -0.4 is 0 Å². The van der Waals surface area contributed by atoms with Crippen molar-refractivity contribution >= 4 is 5.78 Å². The summed E-state index contributed by atoms with van der Waals surface area (Å²) in [6, 6.07) is 0. The minimum Gasteiger partial charge on any atom is -0.298 e. The number of carbonyl (C=O) groups excluding carboxylic acids is 1. The van der Waals surface area contributed by atoms with Crippen LogP contribution in [-0.4, -0.2) is 5.78 Å². The van der Waals surface area contributed by atoms with E-state index in [1.54, 1.807) is 5.57 Å². The van der Waals surface area contributed by atoms with E-state index < -0.39 is 0 Å². The van der Waals surface area contributed by atoms with Gasteiger partial charge in [0.15, 0.2) is 5.78 Å². The minimum atomic E-state index is 0.213. The molecular weight excluding hydrogens is 148 g/mol. The molecule has 1 nitrogen and oxygen atoms in total. The summed E-state index contributed by atoms with van der Waals surface area (Å²) in [5.41, 5.74) is 3.08. The van der Waals surface area contributed by atoms with E-state index in [4.69, 9.17) is 0 Å². The maximum Gasteiger partial charge on any atom is 0.150 e. The highest BCUT2D eigenvalue weighted by molar-refractivity contribution is 5.95. The van der Waals surface area contributed by atoms with Gasteiger partial charge in [-0.05, 0) is 25.7 Å². The molecule has 3 aliphatic carbocycles. The van der Waals surface area contributed by atoms with Gasteiger partial charge in [-0.1, -0.05) is 23.3 Å². The molecular formula is C11H12O. The van der Waals surface area contributed by atoms with E-state index in [0.29, 0.717) is 5.78 Å². The predicted molar refractivity (Wildman–Crippen MR) is 46.6 cm³/mol. The van der Waals surface area contributed by atoms with Crippen molar-refractivity contribution in [3.05, 3.63) is 23.3 Å². The summed E-state index contributed by atoms with van der Waals surface area (Å²) in [4.78, 5) is 11.5.